The van der Waals surface area contributed by atoms with E-state index < -0.39 is 0 Å². The zero-order valence-corrected chi connectivity index (χ0v) is 14.3. The van der Waals surface area contributed by atoms with Gasteiger partial charge in [-0.25, -0.2) is 0 Å². The van der Waals surface area contributed by atoms with E-state index in [2.05, 4.69) is 32.1 Å². The average molecular weight is 326 g/mol. The van der Waals surface area contributed by atoms with Crippen molar-refractivity contribution in [3.63, 3.8) is 0 Å². The summed E-state index contributed by atoms with van der Waals surface area (Å²) in [5.41, 5.74) is 0.881. The molecule has 0 radical (unpaired) electrons. The summed E-state index contributed by atoms with van der Waals surface area (Å²) in [6.45, 7) is 5.94. The van der Waals surface area contributed by atoms with Crippen LogP contribution in [0.25, 0.3) is 5.65 Å². The molecule has 2 aromatic rings. The molecule has 2 aromatic heterocycles. The number of likely N-dealkylation sites (tertiary alicyclic amines) is 1. The molecular formula is C18H26N6. The van der Waals surface area contributed by atoms with Crippen LogP contribution in [0.2, 0.25) is 0 Å². The molecule has 0 bridgehead atoms. The Morgan fingerprint density at radius 3 is 2.42 bits per heavy atom. The third kappa shape index (κ3) is 2.57. The summed E-state index contributed by atoms with van der Waals surface area (Å²) < 4.78 is 2.00. The van der Waals surface area contributed by atoms with E-state index >= 15 is 0 Å². The molecule has 0 amide bonds. The number of nitrogens with zero attached hydrogens (tertiary/aromatic N) is 6. The highest BCUT2D eigenvalue weighted by molar-refractivity contribution is 5.47. The predicted molar refractivity (Wildman–Crippen MR) is 93.4 cm³/mol. The van der Waals surface area contributed by atoms with E-state index in [-0.39, 0.29) is 0 Å². The zero-order valence-electron chi connectivity index (χ0n) is 14.3. The summed E-state index contributed by atoms with van der Waals surface area (Å²) in [4.78, 5) is 4.98. The van der Waals surface area contributed by atoms with Gasteiger partial charge in [-0.05, 0) is 63.2 Å². The molecule has 3 fully saturated rings. The van der Waals surface area contributed by atoms with Gasteiger partial charge in [0.1, 0.15) is 5.82 Å². The van der Waals surface area contributed by atoms with Crippen LogP contribution in [0.1, 0.15) is 50.3 Å². The fourth-order valence-electron chi connectivity index (χ4n) is 4.18. The first-order valence-corrected chi connectivity index (χ1v) is 9.56. The van der Waals surface area contributed by atoms with Gasteiger partial charge in [-0.1, -0.05) is 6.42 Å². The Bertz CT molecular complexity index is 709. The Labute approximate surface area is 142 Å². The van der Waals surface area contributed by atoms with Gasteiger partial charge in [0.15, 0.2) is 11.5 Å². The minimum absolute atomic E-state index is 0.497. The second kappa shape index (κ2) is 5.99. The van der Waals surface area contributed by atoms with Gasteiger partial charge in [0.2, 0.25) is 0 Å². The van der Waals surface area contributed by atoms with Gasteiger partial charge in [0.25, 0.3) is 0 Å². The van der Waals surface area contributed by atoms with E-state index in [1.54, 1.807) is 0 Å². The molecule has 2 aliphatic heterocycles. The highest BCUT2D eigenvalue weighted by Crippen LogP contribution is 2.31. The Kier molecular flexibility index (Phi) is 3.65. The van der Waals surface area contributed by atoms with E-state index in [9.17, 15) is 0 Å². The third-order valence-electron chi connectivity index (χ3n) is 6.15. The molecule has 128 valence electrons. The van der Waals surface area contributed by atoms with Crippen molar-refractivity contribution in [1.82, 2.24) is 24.7 Å². The van der Waals surface area contributed by atoms with Crippen molar-refractivity contribution in [2.24, 2.45) is 5.92 Å². The number of rotatable bonds is 4. The standard InChI is InChI=1S/C18H26N6/c1-3-14(4-1)13-22-11-7-15(8-12-22)18-20-19-16-5-6-17(21-24(16)18)23-9-2-10-23/h5-6,14-15H,1-4,7-13H2. The van der Waals surface area contributed by atoms with Crippen molar-refractivity contribution in [2.45, 2.75) is 44.4 Å². The number of hydrogen-bond donors (Lipinski definition) is 0. The molecule has 6 heteroatoms. The molecule has 5 rings (SSSR count). The largest absolute Gasteiger partial charge is 0.355 e. The first-order valence-electron chi connectivity index (χ1n) is 9.56. The van der Waals surface area contributed by atoms with Crippen LogP contribution in [0.5, 0.6) is 0 Å². The molecule has 0 spiro atoms. The summed E-state index contributed by atoms with van der Waals surface area (Å²) in [5.74, 6) is 3.60. The first-order chi connectivity index (χ1) is 11.9. The minimum atomic E-state index is 0.497. The second-order valence-electron chi connectivity index (χ2n) is 7.73. The van der Waals surface area contributed by atoms with Crippen LogP contribution >= 0.6 is 0 Å². The monoisotopic (exact) mass is 326 g/mol. The number of aromatic nitrogens is 4. The summed E-state index contributed by atoms with van der Waals surface area (Å²) in [7, 11) is 0. The quantitative estimate of drug-likeness (QED) is 0.863. The molecule has 3 aliphatic rings. The van der Waals surface area contributed by atoms with Gasteiger partial charge >= 0.3 is 0 Å². The normalized spacial score (nSPS) is 23.4. The average Bonchev–Trinajstić information content (AvgIpc) is 2.93. The Morgan fingerprint density at radius 2 is 1.75 bits per heavy atom. The van der Waals surface area contributed by atoms with Crippen molar-refractivity contribution in [1.29, 1.82) is 0 Å². The van der Waals surface area contributed by atoms with Crippen molar-refractivity contribution in [3.05, 3.63) is 18.0 Å². The lowest BCUT2D eigenvalue weighted by atomic mass is 9.84. The van der Waals surface area contributed by atoms with Gasteiger partial charge < -0.3 is 9.80 Å². The molecule has 0 atom stereocenters. The lowest BCUT2D eigenvalue weighted by Gasteiger charge is -2.36. The summed E-state index contributed by atoms with van der Waals surface area (Å²) in [6.07, 6.45) is 7.97. The molecule has 1 saturated carbocycles. The van der Waals surface area contributed by atoms with Crippen LogP contribution in [-0.4, -0.2) is 57.4 Å². The third-order valence-corrected chi connectivity index (χ3v) is 6.15. The van der Waals surface area contributed by atoms with Crippen molar-refractivity contribution < 1.29 is 0 Å². The highest BCUT2D eigenvalue weighted by atomic mass is 15.4. The zero-order chi connectivity index (χ0) is 15.9. The number of piperidine rings is 1. The predicted octanol–water partition coefficient (Wildman–Crippen LogP) is 2.31. The maximum absolute atomic E-state index is 4.83. The summed E-state index contributed by atoms with van der Waals surface area (Å²) in [6, 6.07) is 4.14. The van der Waals surface area contributed by atoms with Crippen LogP contribution in [0.4, 0.5) is 5.82 Å². The summed E-state index contributed by atoms with van der Waals surface area (Å²) in [5, 5.41) is 13.7. The Morgan fingerprint density at radius 1 is 0.917 bits per heavy atom. The number of hydrogen-bond acceptors (Lipinski definition) is 5. The molecule has 6 nitrogen and oxygen atoms in total. The number of anilines is 1. The fraction of sp³-hybridized carbons (Fsp3) is 0.722. The van der Waals surface area contributed by atoms with Gasteiger partial charge in [-0.2, -0.15) is 4.52 Å². The van der Waals surface area contributed by atoms with E-state index in [1.807, 2.05) is 4.52 Å². The van der Waals surface area contributed by atoms with E-state index in [0.29, 0.717) is 5.92 Å². The summed E-state index contributed by atoms with van der Waals surface area (Å²) >= 11 is 0. The van der Waals surface area contributed by atoms with E-state index in [4.69, 9.17) is 5.10 Å². The van der Waals surface area contributed by atoms with Gasteiger partial charge in [-0.15, -0.1) is 15.3 Å². The topological polar surface area (TPSA) is 49.6 Å². The molecule has 0 unspecified atom stereocenters. The van der Waals surface area contributed by atoms with Crippen molar-refractivity contribution in [2.75, 3.05) is 37.6 Å². The number of fused-ring (bicyclic) bond motifs is 1. The van der Waals surface area contributed by atoms with Crippen LogP contribution in [0.3, 0.4) is 0 Å². The maximum atomic E-state index is 4.83. The maximum Gasteiger partial charge on any atom is 0.178 e. The lowest BCUT2D eigenvalue weighted by molar-refractivity contribution is 0.145. The lowest BCUT2D eigenvalue weighted by Crippen LogP contribution is -2.39. The molecule has 1 aliphatic carbocycles. The highest BCUT2D eigenvalue weighted by Gasteiger charge is 2.28. The molecule has 0 aromatic carbocycles. The Hall–Kier alpha value is -1.69. The smallest absolute Gasteiger partial charge is 0.178 e. The van der Waals surface area contributed by atoms with Gasteiger partial charge in [0, 0.05) is 25.6 Å². The SMILES string of the molecule is c1cc2nnc(C3CCN(CC4CCC4)CC3)n2nc1N1CCC1. The van der Waals surface area contributed by atoms with E-state index in [1.165, 1.54) is 58.2 Å². The minimum Gasteiger partial charge on any atom is -0.355 e. The molecule has 2 saturated heterocycles. The fourth-order valence-corrected chi connectivity index (χ4v) is 4.18. The molecule has 0 N–H and O–H groups in total. The Balaban J connectivity index is 1.31. The first kappa shape index (κ1) is 14.6. The van der Waals surface area contributed by atoms with Crippen LogP contribution in [-0.2, 0) is 0 Å². The van der Waals surface area contributed by atoms with Crippen molar-refractivity contribution in [3.8, 4) is 0 Å². The molecule has 4 heterocycles. The van der Waals surface area contributed by atoms with Crippen LogP contribution in [0, 0.1) is 5.92 Å². The van der Waals surface area contributed by atoms with Crippen LogP contribution in [0.15, 0.2) is 12.1 Å². The molecular weight excluding hydrogens is 300 g/mol. The van der Waals surface area contributed by atoms with Gasteiger partial charge in [-0.3, -0.25) is 0 Å². The van der Waals surface area contributed by atoms with Gasteiger partial charge in [0.05, 0.1) is 0 Å². The van der Waals surface area contributed by atoms with Crippen LogP contribution < -0.4 is 4.90 Å². The van der Waals surface area contributed by atoms with Crippen molar-refractivity contribution >= 4 is 11.5 Å². The molecule has 24 heavy (non-hydrogen) atoms. The second-order valence-corrected chi connectivity index (χ2v) is 7.73. The van der Waals surface area contributed by atoms with E-state index in [0.717, 1.165) is 36.3 Å².